The van der Waals surface area contributed by atoms with Crippen molar-refractivity contribution in [3.05, 3.63) is 0 Å². The Morgan fingerprint density at radius 1 is 1.73 bits per heavy atom. The van der Waals surface area contributed by atoms with Crippen LogP contribution in [0.15, 0.2) is 4.74 Å². The Morgan fingerprint density at radius 2 is 2.36 bits per heavy atom. The van der Waals surface area contributed by atoms with E-state index < -0.39 is 7.43 Å². The molecule has 60 valence electrons. The minimum atomic E-state index is -3.01. The van der Waals surface area contributed by atoms with E-state index in [1.165, 1.54) is 7.11 Å². The fourth-order valence-electron chi connectivity index (χ4n) is 0.367. The first-order valence-corrected chi connectivity index (χ1v) is 4.14. The van der Waals surface area contributed by atoms with Crippen molar-refractivity contribution in [1.29, 1.82) is 5.26 Å². The molecule has 0 radical (unpaired) electrons. The number of hydrogen-bond acceptors (Lipinski definition) is 4. The average Bonchev–Trinajstić information content (AvgIpc) is 2.04. The molecule has 0 aliphatic heterocycles. The zero-order chi connectivity index (χ0) is 8.74. The van der Waals surface area contributed by atoms with Crippen molar-refractivity contribution in [3.8, 4) is 5.81 Å². The molecule has 1 unspecified atom stereocenters. The van der Waals surface area contributed by atoms with Crippen molar-refractivity contribution in [2.75, 3.05) is 7.11 Å². The smallest absolute Gasteiger partial charge is 0.287 e. The molecule has 0 rings (SSSR count). The molecule has 1 N–H and O–H groups in total. The first kappa shape index (κ1) is 9.82. The number of amides is 2. The Balaban J connectivity index is 4.78. The van der Waals surface area contributed by atoms with Crippen LogP contribution < -0.4 is 5.09 Å². The Hall–Kier alpha value is -1.18. The molecule has 2 amide bonds. The monoisotopic (exact) mass is 175 g/mol. The zero-order valence-corrected chi connectivity index (χ0v) is 6.62. The summed E-state index contributed by atoms with van der Waals surface area (Å²) in [7, 11) is -1.82. The molecule has 0 aromatic rings. The summed E-state index contributed by atoms with van der Waals surface area (Å²) >= 11 is 0. The Morgan fingerprint density at radius 3 is 2.64 bits per heavy atom. The molecule has 0 spiro atoms. The van der Waals surface area contributed by atoms with Gasteiger partial charge in [-0.2, -0.15) is 10.0 Å². The Kier molecular flexibility index (Phi) is 4.11. The highest BCUT2D eigenvalue weighted by molar-refractivity contribution is 7.65. The summed E-state index contributed by atoms with van der Waals surface area (Å²) in [5, 5.41) is 10.5. The van der Waals surface area contributed by atoms with Gasteiger partial charge in [0.2, 0.25) is 12.8 Å². The quantitative estimate of drug-likeness (QED) is 0.482. The topological polar surface area (TPSA) is 91.5 Å². The second-order valence-corrected chi connectivity index (χ2v) is 3.53. The number of nitrogens with zero attached hydrogens (tertiary/aromatic N) is 2. The highest BCUT2D eigenvalue weighted by Gasteiger charge is 2.15. The lowest BCUT2D eigenvalue weighted by Gasteiger charge is -2.09. The summed E-state index contributed by atoms with van der Waals surface area (Å²) in [6, 6.07) is 0. The van der Waals surface area contributed by atoms with Gasteiger partial charge in [0.1, 0.15) is 0 Å². The summed E-state index contributed by atoms with van der Waals surface area (Å²) in [4.78, 5) is 19.8. The van der Waals surface area contributed by atoms with Crippen LogP contribution in [-0.4, -0.2) is 19.9 Å². The van der Waals surface area contributed by atoms with E-state index in [1.54, 1.807) is 5.81 Å². The molecule has 0 aromatic carbocycles. The van der Waals surface area contributed by atoms with Gasteiger partial charge in [0, 0.05) is 7.11 Å². The summed E-state index contributed by atoms with van der Waals surface area (Å²) in [6.07, 6.45) is 0.449. The molecule has 0 aliphatic rings. The van der Waals surface area contributed by atoms with E-state index in [0.29, 0.717) is 0 Å². The summed E-state index contributed by atoms with van der Waals surface area (Å²) < 4.78 is 7.76. The molecule has 0 aromatic heterocycles. The van der Waals surface area contributed by atoms with E-state index in [1.807, 2.05) is 5.09 Å². The van der Waals surface area contributed by atoms with Crippen molar-refractivity contribution < 1.29 is 14.1 Å². The fourth-order valence-corrected chi connectivity index (χ4v) is 1.10. The number of hydrogen-bond donors (Lipinski definition) is 1. The van der Waals surface area contributed by atoms with E-state index in [0.717, 1.165) is 0 Å². The van der Waals surface area contributed by atoms with Crippen LogP contribution >= 0.6 is 7.43 Å². The second-order valence-electron chi connectivity index (χ2n) is 1.33. The Bertz CT molecular complexity index is 243. The molecule has 11 heavy (non-hydrogen) atoms. The third-order valence-corrected chi connectivity index (χ3v) is 2.51. The van der Waals surface area contributed by atoms with E-state index in [-0.39, 0.29) is 12.8 Å². The fraction of sp³-hybridized carbons (Fsp3) is 0.250. The maximum atomic E-state index is 9.92. The predicted octanol–water partition coefficient (Wildman–Crippen LogP) is 0.0475. The van der Waals surface area contributed by atoms with Gasteiger partial charge >= 0.3 is 0 Å². The van der Waals surface area contributed by atoms with E-state index in [4.69, 9.17) is 5.26 Å². The third-order valence-electron chi connectivity index (χ3n) is 0.837. The van der Waals surface area contributed by atoms with Crippen LogP contribution in [0.4, 0.5) is 0 Å². The second kappa shape index (κ2) is 4.61. The van der Waals surface area contributed by atoms with Gasteiger partial charge in [-0.3, -0.25) is 14.7 Å². The molecular formula is C4H6N3O3P. The van der Waals surface area contributed by atoms with Crippen LogP contribution in [0.1, 0.15) is 0 Å². The van der Waals surface area contributed by atoms with Crippen LogP contribution in [0.3, 0.4) is 0 Å². The van der Waals surface area contributed by atoms with Gasteiger partial charge in [-0.05, 0) is 0 Å². The SMILES string of the molecule is COP(C#N)(=NC=O)NC=O. The molecule has 1 atom stereocenters. The summed E-state index contributed by atoms with van der Waals surface area (Å²) in [5.41, 5.74) is 0. The number of nitrogens with one attached hydrogen (secondary N) is 1. The van der Waals surface area contributed by atoms with Gasteiger partial charge in [-0.1, -0.05) is 0 Å². The van der Waals surface area contributed by atoms with Gasteiger partial charge in [0.15, 0.2) is 5.81 Å². The molecule has 0 saturated carbocycles. The van der Waals surface area contributed by atoms with Gasteiger partial charge in [0.05, 0.1) is 0 Å². The van der Waals surface area contributed by atoms with Crippen LogP contribution in [0, 0.1) is 11.1 Å². The first-order valence-electron chi connectivity index (χ1n) is 2.48. The molecular weight excluding hydrogens is 169 g/mol. The van der Waals surface area contributed by atoms with Crippen LogP contribution in [0.5, 0.6) is 0 Å². The summed E-state index contributed by atoms with van der Waals surface area (Å²) in [5.74, 6) is 1.62. The largest absolute Gasteiger partial charge is 0.321 e. The number of carbonyl (C=O) groups excluding carboxylic acids is 2. The third kappa shape index (κ3) is 2.50. The van der Waals surface area contributed by atoms with E-state index in [2.05, 4.69) is 9.27 Å². The number of nitriles is 1. The molecule has 0 aliphatic carbocycles. The molecule has 0 fully saturated rings. The molecule has 0 bridgehead atoms. The normalized spacial score (nSPS) is 13.8. The highest BCUT2D eigenvalue weighted by Crippen LogP contribution is 2.42. The van der Waals surface area contributed by atoms with Gasteiger partial charge < -0.3 is 4.52 Å². The van der Waals surface area contributed by atoms with Crippen LogP contribution in [0.2, 0.25) is 0 Å². The van der Waals surface area contributed by atoms with E-state index >= 15 is 0 Å². The molecule has 7 heteroatoms. The first-order chi connectivity index (χ1) is 5.24. The van der Waals surface area contributed by atoms with Gasteiger partial charge in [-0.15, -0.1) is 0 Å². The minimum Gasteiger partial charge on any atom is -0.321 e. The van der Waals surface area contributed by atoms with Crippen LogP contribution in [0.25, 0.3) is 0 Å². The summed E-state index contributed by atoms with van der Waals surface area (Å²) in [6.45, 7) is 0. The zero-order valence-electron chi connectivity index (χ0n) is 5.72. The Labute approximate surface area is 63.3 Å². The van der Waals surface area contributed by atoms with Crippen LogP contribution in [-0.2, 0) is 14.1 Å². The van der Waals surface area contributed by atoms with E-state index in [9.17, 15) is 9.59 Å². The average molecular weight is 175 g/mol. The lowest BCUT2D eigenvalue weighted by Crippen LogP contribution is -2.07. The predicted molar refractivity (Wildman–Crippen MR) is 37.2 cm³/mol. The lowest BCUT2D eigenvalue weighted by molar-refractivity contribution is -0.108. The van der Waals surface area contributed by atoms with Crippen molar-refractivity contribution in [2.45, 2.75) is 0 Å². The highest BCUT2D eigenvalue weighted by atomic mass is 31.2. The standard InChI is InChI=1S/C4H6N3O3P/c1-10-11(2-5,6-3-8)7-4-9/h3-4H,1H3,(H,6,8). The number of rotatable bonds is 4. The van der Waals surface area contributed by atoms with Crippen molar-refractivity contribution in [3.63, 3.8) is 0 Å². The molecule has 0 saturated heterocycles. The van der Waals surface area contributed by atoms with Gasteiger partial charge in [-0.25, -0.2) is 0 Å². The minimum absolute atomic E-state index is 0.178. The molecule has 0 heterocycles. The maximum Gasteiger partial charge on any atom is 0.287 e. The molecule has 6 nitrogen and oxygen atoms in total. The lowest BCUT2D eigenvalue weighted by atomic mass is 11.5. The van der Waals surface area contributed by atoms with Gasteiger partial charge in [0.25, 0.3) is 7.43 Å². The number of carbonyl (C=O) groups is 2. The van der Waals surface area contributed by atoms with Crippen molar-refractivity contribution >= 4 is 20.3 Å². The maximum absolute atomic E-state index is 9.92. The van der Waals surface area contributed by atoms with Crippen molar-refractivity contribution in [1.82, 2.24) is 5.09 Å². The van der Waals surface area contributed by atoms with Crippen molar-refractivity contribution in [2.24, 2.45) is 4.74 Å².